The lowest BCUT2D eigenvalue weighted by molar-refractivity contribution is -0.141. The number of nitrogens with one attached hydrogen (secondary N) is 2. The van der Waals surface area contributed by atoms with Gasteiger partial charge >= 0.3 is 6.18 Å². The van der Waals surface area contributed by atoms with E-state index in [9.17, 15) is 22.4 Å². The third kappa shape index (κ3) is 4.21. The Bertz CT molecular complexity index is 1560. The van der Waals surface area contributed by atoms with Gasteiger partial charge in [-0.25, -0.2) is 23.7 Å². The lowest BCUT2D eigenvalue weighted by Gasteiger charge is -2.23. The third-order valence-corrected chi connectivity index (χ3v) is 6.81. The first kappa shape index (κ1) is 23.9. The minimum Gasteiger partial charge on any atom is -0.362 e. The van der Waals surface area contributed by atoms with Crippen molar-refractivity contribution in [3.05, 3.63) is 80.9 Å². The van der Waals surface area contributed by atoms with Crippen molar-refractivity contribution in [3.63, 3.8) is 0 Å². The van der Waals surface area contributed by atoms with Crippen LogP contribution >= 0.6 is 11.3 Å². The first-order valence-corrected chi connectivity index (χ1v) is 12.0. The lowest BCUT2D eigenvalue weighted by Crippen LogP contribution is -2.26. The van der Waals surface area contributed by atoms with Gasteiger partial charge in [0.25, 0.3) is 5.56 Å². The van der Waals surface area contributed by atoms with E-state index in [0.29, 0.717) is 33.8 Å². The van der Waals surface area contributed by atoms with E-state index >= 15 is 0 Å². The first-order valence-electron chi connectivity index (χ1n) is 11.1. The Hall–Kier alpha value is -3.80. The fourth-order valence-corrected chi connectivity index (χ4v) is 5.06. The van der Waals surface area contributed by atoms with E-state index < -0.39 is 29.3 Å². The number of allylic oxidation sites excluding steroid dienone is 1. The molecule has 0 saturated heterocycles. The third-order valence-electron chi connectivity index (χ3n) is 5.98. The lowest BCUT2D eigenvalue weighted by atomic mass is 10.00. The van der Waals surface area contributed by atoms with E-state index in [4.69, 9.17) is 0 Å². The number of fused-ring (bicyclic) bond motifs is 2. The molecule has 0 bridgehead atoms. The number of thiazole rings is 1. The number of alkyl halides is 3. The number of rotatable bonds is 5. The molecule has 12 heteroatoms. The van der Waals surface area contributed by atoms with Crippen LogP contribution in [0.25, 0.3) is 16.1 Å². The van der Waals surface area contributed by atoms with Crippen molar-refractivity contribution in [2.24, 2.45) is 0 Å². The minimum atomic E-state index is -4.76. The number of hydrogen-bond acceptors (Lipinski definition) is 7. The highest BCUT2D eigenvalue weighted by atomic mass is 32.1. The van der Waals surface area contributed by atoms with Gasteiger partial charge in [-0.1, -0.05) is 19.1 Å². The molecule has 0 aliphatic carbocycles. The normalized spacial score (nSPS) is 14.2. The SMILES string of the molecule is CCC1=CNc2ncnc(NC(C)c3nc4scc(C(F)(F)F)n4c(=O)c3-c3cccc(F)c3)c2C1. The molecular formula is C24H20F4N6OS. The van der Waals surface area contributed by atoms with Gasteiger partial charge in [0, 0.05) is 23.6 Å². The maximum atomic E-state index is 14.1. The number of benzene rings is 1. The molecule has 1 aliphatic heterocycles. The summed E-state index contributed by atoms with van der Waals surface area (Å²) in [6.07, 6.45) is -0.0309. The van der Waals surface area contributed by atoms with Crippen LogP contribution in [0.4, 0.5) is 29.2 Å². The van der Waals surface area contributed by atoms with Crippen LogP contribution < -0.4 is 16.2 Å². The first-order chi connectivity index (χ1) is 17.2. The van der Waals surface area contributed by atoms with Crippen LogP contribution in [0, 0.1) is 5.82 Å². The molecule has 5 rings (SSSR count). The van der Waals surface area contributed by atoms with Crippen LogP contribution in [0.3, 0.4) is 0 Å². The maximum absolute atomic E-state index is 14.1. The minimum absolute atomic E-state index is 0.112. The van der Waals surface area contributed by atoms with Crippen molar-refractivity contribution in [1.82, 2.24) is 19.4 Å². The van der Waals surface area contributed by atoms with Gasteiger partial charge in [0.2, 0.25) is 0 Å². The van der Waals surface area contributed by atoms with Gasteiger partial charge in [-0.2, -0.15) is 13.2 Å². The predicted octanol–water partition coefficient (Wildman–Crippen LogP) is 5.81. The van der Waals surface area contributed by atoms with Crippen molar-refractivity contribution in [1.29, 1.82) is 0 Å². The summed E-state index contributed by atoms with van der Waals surface area (Å²) in [5, 5.41) is 7.24. The van der Waals surface area contributed by atoms with Gasteiger partial charge in [-0.05, 0) is 36.6 Å². The fourth-order valence-electron chi connectivity index (χ4n) is 4.17. The molecular weight excluding hydrogens is 496 g/mol. The second-order valence-electron chi connectivity index (χ2n) is 8.32. The smallest absolute Gasteiger partial charge is 0.362 e. The Morgan fingerprint density at radius 1 is 1.28 bits per heavy atom. The van der Waals surface area contributed by atoms with E-state index in [1.54, 1.807) is 6.92 Å². The number of nitrogens with zero attached hydrogens (tertiary/aromatic N) is 4. The van der Waals surface area contributed by atoms with Crippen molar-refractivity contribution in [2.45, 2.75) is 38.9 Å². The molecule has 0 amide bonds. The zero-order valence-electron chi connectivity index (χ0n) is 19.2. The maximum Gasteiger partial charge on any atom is 0.432 e. The summed E-state index contributed by atoms with van der Waals surface area (Å²) in [6, 6.07) is 4.50. The number of halogens is 4. The summed E-state index contributed by atoms with van der Waals surface area (Å²) >= 11 is 0.713. The molecule has 4 heterocycles. The van der Waals surface area contributed by atoms with Crippen molar-refractivity contribution >= 4 is 27.9 Å². The van der Waals surface area contributed by atoms with Gasteiger partial charge in [0.15, 0.2) is 4.96 Å². The van der Waals surface area contributed by atoms with Crippen LogP contribution in [-0.4, -0.2) is 19.4 Å². The molecule has 1 aliphatic rings. The average molecular weight is 517 g/mol. The Morgan fingerprint density at radius 3 is 2.81 bits per heavy atom. The largest absolute Gasteiger partial charge is 0.432 e. The highest BCUT2D eigenvalue weighted by molar-refractivity contribution is 7.15. The monoisotopic (exact) mass is 516 g/mol. The second-order valence-corrected chi connectivity index (χ2v) is 9.15. The van der Waals surface area contributed by atoms with Crippen LogP contribution in [0.2, 0.25) is 0 Å². The summed E-state index contributed by atoms with van der Waals surface area (Å²) in [5.41, 5.74) is 0.112. The molecule has 7 nitrogen and oxygen atoms in total. The van der Waals surface area contributed by atoms with Crippen molar-refractivity contribution in [2.75, 3.05) is 10.6 Å². The zero-order chi connectivity index (χ0) is 25.6. The number of anilines is 2. The van der Waals surface area contributed by atoms with Gasteiger partial charge in [-0.3, -0.25) is 4.79 Å². The molecule has 3 aromatic heterocycles. The van der Waals surface area contributed by atoms with E-state index in [1.807, 2.05) is 13.1 Å². The standard InChI is InChI=1S/C24H20F4N6OS/c1-3-13-7-16-20(29-9-13)30-11-31-21(16)32-12(2)19-18(14-5-4-6-15(25)8-14)22(35)34-17(24(26,27)28)10-36-23(34)33-19/h4-6,8-12H,3,7H2,1-2H3,(H2,29,30,31,32). The van der Waals surface area contributed by atoms with Crippen LogP contribution in [-0.2, 0) is 12.6 Å². The Kier molecular flexibility index (Phi) is 5.99. The summed E-state index contributed by atoms with van der Waals surface area (Å²) in [5.74, 6) is 0.520. The summed E-state index contributed by atoms with van der Waals surface area (Å²) < 4.78 is 55.5. The summed E-state index contributed by atoms with van der Waals surface area (Å²) in [6.45, 7) is 3.76. The van der Waals surface area contributed by atoms with E-state index in [2.05, 4.69) is 25.6 Å². The Labute approximate surface area is 206 Å². The molecule has 0 saturated carbocycles. The average Bonchev–Trinajstić information content (AvgIpc) is 3.29. The van der Waals surface area contributed by atoms with E-state index in [0.717, 1.165) is 29.0 Å². The van der Waals surface area contributed by atoms with Crippen LogP contribution in [0.1, 0.15) is 43.3 Å². The molecule has 36 heavy (non-hydrogen) atoms. The molecule has 186 valence electrons. The van der Waals surface area contributed by atoms with Crippen LogP contribution in [0.5, 0.6) is 0 Å². The topological polar surface area (TPSA) is 84.2 Å². The van der Waals surface area contributed by atoms with Gasteiger partial charge < -0.3 is 10.6 Å². The van der Waals surface area contributed by atoms with Crippen LogP contribution in [0.15, 0.2) is 52.5 Å². The zero-order valence-corrected chi connectivity index (χ0v) is 20.0. The van der Waals surface area contributed by atoms with Gasteiger partial charge in [-0.15, -0.1) is 11.3 Å². The predicted molar refractivity (Wildman–Crippen MR) is 130 cm³/mol. The second kappa shape index (κ2) is 9.01. The molecule has 0 fully saturated rings. The molecule has 4 aromatic rings. The summed E-state index contributed by atoms with van der Waals surface area (Å²) in [4.78, 5) is 26.4. The quantitative estimate of drug-likeness (QED) is 0.326. The molecule has 2 N–H and O–H groups in total. The van der Waals surface area contributed by atoms with Crippen molar-refractivity contribution < 1.29 is 17.6 Å². The molecule has 1 atom stereocenters. The van der Waals surface area contributed by atoms with Gasteiger partial charge in [0.05, 0.1) is 17.3 Å². The number of aromatic nitrogens is 4. The van der Waals surface area contributed by atoms with E-state index in [-0.39, 0.29) is 21.8 Å². The Balaban J connectivity index is 1.66. The molecule has 1 unspecified atom stereocenters. The van der Waals surface area contributed by atoms with E-state index in [1.165, 1.54) is 24.5 Å². The summed E-state index contributed by atoms with van der Waals surface area (Å²) in [7, 11) is 0. The number of hydrogen-bond donors (Lipinski definition) is 2. The van der Waals surface area contributed by atoms with Crippen molar-refractivity contribution in [3.8, 4) is 11.1 Å². The molecule has 1 aromatic carbocycles. The molecule has 0 spiro atoms. The Morgan fingerprint density at radius 2 is 2.08 bits per heavy atom. The highest BCUT2D eigenvalue weighted by Gasteiger charge is 2.36. The van der Waals surface area contributed by atoms with Gasteiger partial charge in [0.1, 0.15) is 29.5 Å². The highest BCUT2D eigenvalue weighted by Crippen LogP contribution is 2.35. The molecule has 0 radical (unpaired) electrons. The fraction of sp³-hybridized carbons (Fsp3) is 0.250.